The molecule has 0 aromatic heterocycles. The van der Waals surface area contributed by atoms with Crippen LogP contribution >= 0.6 is 15.9 Å². The molecule has 0 spiro atoms. The predicted octanol–water partition coefficient (Wildman–Crippen LogP) is 5.00. The van der Waals surface area contributed by atoms with Gasteiger partial charge in [-0.05, 0) is 76.1 Å². The summed E-state index contributed by atoms with van der Waals surface area (Å²) in [7, 11) is 0. The van der Waals surface area contributed by atoms with Gasteiger partial charge in [0.05, 0.1) is 4.47 Å². The van der Waals surface area contributed by atoms with Gasteiger partial charge >= 0.3 is 0 Å². The monoisotopic (exact) mass is 458 g/mol. The SMILES string of the molecule is CC(C)(C)c1ccc(OCC(=O)Nc2ccc(C(=O)N3CCCC3)cc2)c(Br)c1. The number of ether oxygens (including phenoxy) is 1. The van der Waals surface area contributed by atoms with Gasteiger partial charge in [0.1, 0.15) is 5.75 Å². The van der Waals surface area contributed by atoms with Crippen LogP contribution in [0.5, 0.6) is 5.75 Å². The second-order valence-corrected chi connectivity index (χ2v) is 9.16. The van der Waals surface area contributed by atoms with Crippen LogP contribution in [-0.4, -0.2) is 36.4 Å². The number of likely N-dealkylation sites (tertiary alicyclic amines) is 1. The molecule has 1 saturated heterocycles. The Morgan fingerprint density at radius 2 is 1.72 bits per heavy atom. The first-order valence-electron chi connectivity index (χ1n) is 9.86. The molecule has 0 saturated carbocycles. The Labute approximate surface area is 180 Å². The molecule has 1 heterocycles. The molecule has 2 aromatic rings. The maximum absolute atomic E-state index is 12.4. The number of anilines is 1. The van der Waals surface area contributed by atoms with Crippen LogP contribution in [0.1, 0.15) is 49.5 Å². The fraction of sp³-hybridized carbons (Fsp3) is 0.391. The van der Waals surface area contributed by atoms with E-state index in [9.17, 15) is 9.59 Å². The Kier molecular flexibility index (Phi) is 6.63. The van der Waals surface area contributed by atoms with Crippen molar-refractivity contribution in [2.75, 3.05) is 25.0 Å². The van der Waals surface area contributed by atoms with Gasteiger partial charge in [-0.15, -0.1) is 0 Å². The van der Waals surface area contributed by atoms with E-state index in [1.165, 1.54) is 5.56 Å². The first-order chi connectivity index (χ1) is 13.7. The summed E-state index contributed by atoms with van der Waals surface area (Å²) in [6.45, 7) is 7.98. The van der Waals surface area contributed by atoms with E-state index < -0.39 is 0 Å². The summed E-state index contributed by atoms with van der Waals surface area (Å²) in [6.07, 6.45) is 2.13. The minimum Gasteiger partial charge on any atom is -0.483 e. The van der Waals surface area contributed by atoms with E-state index in [4.69, 9.17) is 4.74 Å². The molecule has 2 amide bonds. The molecule has 0 radical (unpaired) electrons. The highest BCUT2D eigenvalue weighted by Gasteiger charge is 2.19. The average Bonchev–Trinajstić information content (AvgIpc) is 3.21. The number of carbonyl (C=O) groups is 2. The Morgan fingerprint density at radius 1 is 1.07 bits per heavy atom. The molecule has 0 unspecified atom stereocenters. The molecule has 1 fully saturated rings. The van der Waals surface area contributed by atoms with Crippen molar-refractivity contribution in [3.63, 3.8) is 0 Å². The van der Waals surface area contributed by atoms with Gasteiger partial charge in [0.15, 0.2) is 6.61 Å². The standard InChI is InChI=1S/C23H27BrN2O3/c1-23(2,3)17-8-11-20(19(24)14-17)29-15-21(27)25-18-9-6-16(7-10-18)22(28)26-12-4-5-13-26/h6-11,14H,4-5,12-13,15H2,1-3H3,(H,25,27). The van der Waals surface area contributed by atoms with E-state index in [2.05, 4.69) is 42.0 Å². The number of hydrogen-bond acceptors (Lipinski definition) is 3. The predicted molar refractivity (Wildman–Crippen MR) is 119 cm³/mol. The molecule has 5 nitrogen and oxygen atoms in total. The molecule has 154 valence electrons. The first-order valence-corrected chi connectivity index (χ1v) is 10.7. The smallest absolute Gasteiger partial charge is 0.262 e. The second-order valence-electron chi connectivity index (χ2n) is 8.31. The van der Waals surface area contributed by atoms with Gasteiger partial charge in [0.2, 0.25) is 0 Å². The van der Waals surface area contributed by atoms with Crippen molar-refractivity contribution in [1.29, 1.82) is 0 Å². The van der Waals surface area contributed by atoms with Crippen LogP contribution in [-0.2, 0) is 10.2 Å². The van der Waals surface area contributed by atoms with Crippen LogP contribution in [0.15, 0.2) is 46.9 Å². The maximum Gasteiger partial charge on any atom is 0.262 e. The Hall–Kier alpha value is -2.34. The topological polar surface area (TPSA) is 58.6 Å². The molecule has 3 rings (SSSR count). The summed E-state index contributed by atoms with van der Waals surface area (Å²) in [4.78, 5) is 26.5. The third-order valence-electron chi connectivity index (χ3n) is 4.97. The minimum absolute atomic E-state index is 0.0424. The summed E-state index contributed by atoms with van der Waals surface area (Å²) in [5.41, 5.74) is 2.51. The lowest BCUT2D eigenvalue weighted by molar-refractivity contribution is -0.118. The number of nitrogens with zero attached hydrogens (tertiary/aromatic N) is 1. The fourth-order valence-corrected chi connectivity index (χ4v) is 3.72. The zero-order chi connectivity index (χ0) is 21.0. The van der Waals surface area contributed by atoms with Crippen LogP contribution in [0.2, 0.25) is 0 Å². The molecule has 0 aliphatic carbocycles. The molecule has 1 aliphatic heterocycles. The van der Waals surface area contributed by atoms with Crippen molar-refractivity contribution in [1.82, 2.24) is 4.90 Å². The average molecular weight is 459 g/mol. The van der Waals surface area contributed by atoms with Crippen LogP contribution in [0.4, 0.5) is 5.69 Å². The summed E-state index contributed by atoms with van der Waals surface area (Å²) >= 11 is 3.51. The zero-order valence-electron chi connectivity index (χ0n) is 17.1. The van der Waals surface area contributed by atoms with Crippen molar-refractivity contribution >= 4 is 33.4 Å². The zero-order valence-corrected chi connectivity index (χ0v) is 18.7. The molecule has 1 N–H and O–H groups in total. The molecule has 0 atom stereocenters. The summed E-state index contributed by atoms with van der Waals surface area (Å²) in [5.74, 6) is 0.419. The molecule has 0 bridgehead atoms. The third-order valence-corrected chi connectivity index (χ3v) is 5.59. The van der Waals surface area contributed by atoms with E-state index in [0.29, 0.717) is 17.0 Å². The lowest BCUT2D eigenvalue weighted by Gasteiger charge is -2.20. The largest absolute Gasteiger partial charge is 0.483 e. The maximum atomic E-state index is 12.4. The van der Waals surface area contributed by atoms with Crippen LogP contribution in [0.25, 0.3) is 0 Å². The quantitative estimate of drug-likeness (QED) is 0.685. The van der Waals surface area contributed by atoms with Crippen molar-refractivity contribution in [2.24, 2.45) is 0 Å². The summed E-state index contributed by atoms with van der Waals surface area (Å²) in [5, 5.41) is 2.80. The van der Waals surface area contributed by atoms with E-state index in [-0.39, 0.29) is 23.8 Å². The van der Waals surface area contributed by atoms with Gasteiger partial charge < -0.3 is 15.0 Å². The Bertz CT molecular complexity index is 882. The van der Waals surface area contributed by atoms with Crippen LogP contribution < -0.4 is 10.1 Å². The first kappa shape index (κ1) is 21.4. The third kappa shape index (κ3) is 5.60. The highest BCUT2D eigenvalue weighted by atomic mass is 79.9. The van der Waals surface area contributed by atoms with Gasteiger partial charge in [0, 0.05) is 24.3 Å². The number of hydrogen-bond donors (Lipinski definition) is 1. The second kappa shape index (κ2) is 8.99. The van der Waals surface area contributed by atoms with Crippen molar-refractivity contribution in [3.8, 4) is 5.75 Å². The normalized spacial score (nSPS) is 14.0. The molecular formula is C23H27BrN2O3. The van der Waals surface area contributed by atoms with Crippen molar-refractivity contribution < 1.29 is 14.3 Å². The van der Waals surface area contributed by atoms with Gasteiger partial charge in [0.25, 0.3) is 11.8 Å². The van der Waals surface area contributed by atoms with E-state index in [1.807, 2.05) is 23.1 Å². The van der Waals surface area contributed by atoms with Gasteiger partial charge in [-0.25, -0.2) is 0 Å². The summed E-state index contributed by atoms with van der Waals surface area (Å²) < 4.78 is 6.47. The number of halogens is 1. The fourth-order valence-electron chi connectivity index (χ4n) is 3.22. The summed E-state index contributed by atoms with van der Waals surface area (Å²) in [6, 6.07) is 12.9. The number of carbonyl (C=O) groups excluding carboxylic acids is 2. The van der Waals surface area contributed by atoms with Crippen molar-refractivity contribution in [3.05, 3.63) is 58.1 Å². The van der Waals surface area contributed by atoms with Crippen LogP contribution in [0, 0.1) is 0 Å². The lowest BCUT2D eigenvalue weighted by Crippen LogP contribution is -2.27. The van der Waals surface area contributed by atoms with Crippen molar-refractivity contribution in [2.45, 2.75) is 39.0 Å². The van der Waals surface area contributed by atoms with Gasteiger partial charge in [-0.3, -0.25) is 9.59 Å². The van der Waals surface area contributed by atoms with Gasteiger partial charge in [-0.1, -0.05) is 26.8 Å². The molecule has 29 heavy (non-hydrogen) atoms. The minimum atomic E-state index is -0.254. The van der Waals surface area contributed by atoms with E-state index in [1.54, 1.807) is 24.3 Å². The number of benzene rings is 2. The molecular weight excluding hydrogens is 432 g/mol. The molecule has 6 heteroatoms. The number of amides is 2. The lowest BCUT2D eigenvalue weighted by atomic mass is 9.87. The van der Waals surface area contributed by atoms with Crippen LogP contribution in [0.3, 0.4) is 0 Å². The highest BCUT2D eigenvalue weighted by Crippen LogP contribution is 2.31. The Balaban J connectivity index is 1.54. The molecule has 1 aliphatic rings. The number of rotatable bonds is 5. The number of nitrogens with one attached hydrogen (secondary N) is 1. The highest BCUT2D eigenvalue weighted by molar-refractivity contribution is 9.10. The van der Waals surface area contributed by atoms with E-state index >= 15 is 0 Å². The van der Waals surface area contributed by atoms with E-state index in [0.717, 1.165) is 30.4 Å². The Morgan fingerprint density at radius 3 is 2.31 bits per heavy atom. The van der Waals surface area contributed by atoms with Gasteiger partial charge in [-0.2, -0.15) is 0 Å². The molecule has 2 aromatic carbocycles.